The number of phenols is 1. The molecule has 10 nitrogen and oxygen atoms in total. The molecule has 5 N–H and O–H groups in total. The Morgan fingerprint density at radius 2 is 1.91 bits per heavy atom. The normalized spacial score (nSPS) is 15.7. The van der Waals surface area contributed by atoms with E-state index in [9.17, 15) is 27.9 Å². The van der Waals surface area contributed by atoms with Crippen LogP contribution >= 0.6 is 10.9 Å². The summed E-state index contributed by atoms with van der Waals surface area (Å²) in [6.07, 6.45) is 5.22. The van der Waals surface area contributed by atoms with Crippen LogP contribution in [0, 0.1) is 11.7 Å². The van der Waals surface area contributed by atoms with Crippen LogP contribution in [0.1, 0.15) is 41.3 Å². The van der Waals surface area contributed by atoms with Gasteiger partial charge in [-0.3, -0.25) is 10.2 Å². The third-order valence-corrected chi connectivity index (χ3v) is 8.56. The van der Waals surface area contributed by atoms with E-state index in [0.29, 0.717) is 59.9 Å². The number of phenolic OH excluding ortho intramolecular Hbond substituents is 1. The molecule has 5 rings (SSSR count). The van der Waals surface area contributed by atoms with Gasteiger partial charge in [-0.1, -0.05) is 37.3 Å². The van der Waals surface area contributed by atoms with E-state index in [1.807, 2.05) is 13.0 Å². The first-order valence-electron chi connectivity index (χ1n) is 14.5. The van der Waals surface area contributed by atoms with Crippen LogP contribution < -0.4 is 10.2 Å². The number of hydrazone groups is 1. The van der Waals surface area contributed by atoms with Crippen LogP contribution in [0.3, 0.4) is 0 Å². The van der Waals surface area contributed by atoms with Gasteiger partial charge in [0.15, 0.2) is 0 Å². The zero-order valence-corrected chi connectivity index (χ0v) is 25.5. The molecule has 1 atom stereocenters. The van der Waals surface area contributed by atoms with E-state index in [1.54, 1.807) is 53.4 Å². The molecule has 1 saturated heterocycles. The predicted octanol–water partition coefficient (Wildman–Crippen LogP) is 7.12. The number of hydrogen-bond acceptors (Lipinski definition) is 9. The number of ether oxygens (including phenoxy) is 1. The maximum Gasteiger partial charge on any atom is 0.255 e. The molecule has 4 aromatic rings. The minimum absolute atomic E-state index is 0.0431. The van der Waals surface area contributed by atoms with Crippen LogP contribution in [-0.2, 0) is 6.42 Å². The smallest absolute Gasteiger partial charge is 0.255 e. The summed E-state index contributed by atoms with van der Waals surface area (Å²) in [5.74, 6) is 0.648. The lowest BCUT2D eigenvalue weighted by Crippen LogP contribution is -2.41. The number of nitrogens with one attached hydrogen (secondary N) is 1. The van der Waals surface area contributed by atoms with Crippen molar-refractivity contribution in [2.24, 2.45) is 11.0 Å². The van der Waals surface area contributed by atoms with Crippen LogP contribution in [-0.4, -0.2) is 60.5 Å². The molecular formula is C33H35FN4O6S. The lowest BCUT2D eigenvalue weighted by molar-refractivity contribution is 0.0632. The fourth-order valence-electron chi connectivity index (χ4n) is 5.25. The van der Waals surface area contributed by atoms with E-state index >= 15 is 0 Å². The first kappa shape index (κ1) is 31.9. The van der Waals surface area contributed by atoms with Crippen LogP contribution in [0.4, 0.5) is 10.2 Å². The van der Waals surface area contributed by atoms with Crippen molar-refractivity contribution in [3.8, 4) is 22.6 Å². The number of pyridine rings is 1. The molecule has 1 aliphatic rings. The zero-order chi connectivity index (χ0) is 32.0. The van der Waals surface area contributed by atoms with Gasteiger partial charge in [-0.15, -0.1) is 0 Å². The summed E-state index contributed by atoms with van der Waals surface area (Å²) in [7, 11) is -3.90. The second-order valence-corrected chi connectivity index (χ2v) is 12.2. The zero-order valence-electron chi connectivity index (χ0n) is 24.6. The number of nitrogens with zero attached hydrogens (tertiary/aromatic N) is 3. The van der Waals surface area contributed by atoms with Crippen molar-refractivity contribution < 1.29 is 32.7 Å². The number of carbonyl (C=O) groups is 1. The molecule has 0 radical (unpaired) electrons. The monoisotopic (exact) mass is 634 g/mol. The molecule has 1 aromatic heterocycles. The molecule has 45 heavy (non-hydrogen) atoms. The Kier molecular flexibility index (Phi) is 9.99. The maximum absolute atomic E-state index is 13.4. The molecule has 2 heterocycles. The summed E-state index contributed by atoms with van der Waals surface area (Å²) < 4.78 is 48.3. The average molecular weight is 635 g/mol. The molecule has 1 amide bonds. The quantitative estimate of drug-likeness (QED) is 0.0915. The third kappa shape index (κ3) is 7.97. The van der Waals surface area contributed by atoms with Crippen molar-refractivity contribution in [2.45, 2.75) is 31.1 Å². The first-order valence-corrected chi connectivity index (χ1v) is 16.0. The number of amides is 1. The number of aromatic hydroxyl groups is 1. The van der Waals surface area contributed by atoms with Crippen LogP contribution in [0.25, 0.3) is 11.1 Å². The van der Waals surface area contributed by atoms with E-state index in [4.69, 9.17) is 4.74 Å². The van der Waals surface area contributed by atoms with Gasteiger partial charge < -0.3 is 28.4 Å². The molecule has 0 aliphatic carbocycles. The Hall–Kier alpha value is -4.49. The SMILES string of the molecule is CCc1cc(-c2ccc(F)cc2)c(O)cc1OCC1CCCN(C(=O)c2ccc(N/N=C/c3ccccc3S(O)(O)O)nc2)C1. The summed E-state index contributed by atoms with van der Waals surface area (Å²) in [6, 6.07) is 19.0. The van der Waals surface area contributed by atoms with E-state index in [1.165, 1.54) is 30.6 Å². The minimum atomic E-state index is -3.90. The summed E-state index contributed by atoms with van der Waals surface area (Å²) in [4.78, 5) is 19.3. The third-order valence-electron chi connectivity index (χ3n) is 7.60. The van der Waals surface area contributed by atoms with Gasteiger partial charge in [0, 0.05) is 42.4 Å². The van der Waals surface area contributed by atoms with Crippen molar-refractivity contribution in [1.82, 2.24) is 9.88 Å². The highest BCUT2D eigenvalue weighted by Gasteiger charge is 2.26. The Balaban J connectivity index is 1.17. The highest BCUT2D eigenvalue weighted by molar-refractivity contribution is 8.19. The van der Waals surface area contributed by atoms with Crippen LogP contribution in [0.5, 0.6) is 11.5 Å². The van der Waals surface area contributed by atoms with Crippen molar-refractivity contribution in [1.29, 1.82) is 0 Å². The van der Waals surface area contributed by atoms with Crippen LogP contribution in [0.15, 0.2) is 89.0 Å². The summed E-state index contributed by atoms with van der Waals surface area (Å²) >= 11 is 0. The molecule has 1 fully saturated rings. The van der Waals surface area contributed by atoms with E-state index in [-0.39, 0.29) is 28.3 Å². The Labute approximate surface area is 262 Å². The average Bonchev–Trinajstić information content (AvgIpc) is 3.04. The number of anilines is 1. The lowest BCUT2D eigenvalue weighted by atomic mass is 9.98. The van der Waals surface area contributed by atoms with Gasteiger partial charge in [-0.2, -0.15) is 5.10 Å². The molecule has 1 aliphatic heterocycles. The van der Waals surface area contributed by atoms with Crippen molar-refractivity contribution in [2.75, 3.05) is 25.1 Å². The Morgan fingerprint density at radius 1 is 1.13 bits per heavy atom. The molecule has 236 valence electrons. The molecule has 1 unspecified atom stereocenters. The van der Waals surface area contributed by atoms with Crippen molar-refractivity contribution >= 4 is 28.8 Å². The van der Waals surface area contributed by atoms with Gasteiger partial charge in [0.05, 0.1) is 23.3 Å². The topological polar surface area (TPSA) is 148 Å². The standard InChI is InChI=1S/C33H35FN4O6S/c1-2-23-16-28(24-9-12-27(34)13-10-24)29(39)17-30(23)44-21-22-6-5-15-38(20-22)33(40)26-11-14-32(35-18-26)37-36-19-25-7-3-4-8-31(25)45(41,42)43/h3-4,7-14,16-19,22,39,41-43H,2,5-6,15,20-21H2,1H3,(H,35,37)/b36-19+. The maximum atomic E-state index is 13.4. The molecule has 3 aromatic carbocycles. The van der Waals surface area contributed by atoms with Gasteiger partial charge in [0.25, 0.3) is 5.91 Å². The summed E-state index contributed by atoms with van der Waals surface area (Å²) in [5.41, 5.74) is 5.75. The minimum Gasteiger partial charge on any atom is -0.507 e. The second kappa shape index (κ2) is 14.1. The fourth-order valence-corrected chi connectivity index (χ4v) is 5.95. The number of aromatic nitrogens is 1. The first-order chi connectivity index (χ1) is 21.6. The van der Waals surface area contributed by atoms with E-state index in [0.717, 1.165) is 18.4 Å². The highest BCUT2D eigenvalue weighted by atomic mass is 32.3. The number of likely N-dealkylation sites (tertiary alicyclic amines) is 1. The highest BCUT2D eigenvalue weighted by Crippen LogP contribution is 2.44. The number of rotatable bonds is 10. The van der Waals surface area contributed by atoms with Gasteiger partial charge in [0.1, 0.15) is 34.0 Å². The van der Waals surface area contributed by atoms with Gasteiger partial charge in [-0.25, -0.2) is 9.37 Å². The molecule has 12 heteroatoms. The largest absolute Gasteiger partial charge is 0.507 e. The Bertz CT molecular complexity index is 1660. The van der Waals surface area contributed by atoms with Crippen molar-refractivity contribution in [3.63, 3.8) is 0 Å². The summed E-state index contributed by atoms with van der Waals surface area (Å²) in [5, 5.41) is 14.8. The molecule has 0 spiro atoms. The van der Waals surface area contributed by atoms with Gasteiger partial charge >= 0.3 is 0 Å². The molecule has 0 saturated carbocycles. The number of benzene rings is 3. The summed E-state index contributed by atoms with van der Waals surface area (Å²) in [6.45, 7) is 3.54. The molecular weight excluding hydrogens is 599 g/mol. The number of carbonyl (C=O) groups excluding carboxylic acids is 1. The van der Waals surface area contributed by atoms with Crippen LogP contribution in [0.2, 0.25) is 0 Å². The number of aryl methyl sites for hydroxylation is 1. The number of halogens is 1. The Morgan fingerprint density at radius 3 is 2.62 bits per heavy atom. The fraction of sp³-hybridized carbons (Fsp3) is 0.242. The lowest BCUT2D eigenvalue weighted by Gasteiger charge is -2.33. The van der Waals surface area contributed by atoms with Crippen molar-refractivity contribution in [3.05, 3.63) is 102 Å². The number of piperidine rings is 1. The second-order valence-electron chi connectivity index (χ2n) is 10.8. The number of hydrogen-bond donors (Lipinski definition) is 5. The van der Waals surface area contributed by atoms with Gasteiger partial charge in [-0.05, 0) is 66.8 Å². The van der Waals surface area contributed by atoms with E-state index in [2.05, 4.69) is 15.5 Å². The predicted molar refractivity (Wildman–Crippen MR) is 173 cm³/mol. The van der Waals surface area contributed by atoms with Gasteiger partial charge in [0.2, 0.25) is 0 Å². The molecule has 0 bridgehead atoms. The van der Waals surface area contributed by atoms with E-state index < -0.39 is 10.9 Å².